The van der Waals surface area contributed by atoms with E-state index in [-0.39, 0.29) is 11.7 Å². The van der Waals surface area contributed by atoms with Gasteiger partial charge in [0.05, 0.1) is 4.92 Å². The molecule has 0 saturated carbocycles. The molecule has 6 nitrogen and oxygen atoms in total. The fourth-order valence-electron chi connectivity index (χ4n) is 1.70. The van der Waals surface area contributed by atoms with Gasteiger partial charge in [0.2, 0.25) is 5.82 Å². The maximum absolute atomic E-state index is 11.0. The van der Waals surface area contributed by atoms with Crippen LogP contribution in [0.1, 0.15) is 31.7 Å². The Hall–Kier alpha value is -1.69. The highest BCUT2D eigenvalue weighted by Gasteiger charge is 2.18. The molecule has 0 aliphatic carbocycles. The second-order valence-corrected chi connectivity index (χ2v) is 4.36. The number of nitrogens with two attached hydrogens (primary N) is 1. The van der Waals surface area contributed by atoms with Crippen molar-refractivity contribution in [1.29, 1.82) is 0 Å². The molecule has 6 heteroatoms. The van der Waals surface area contributed by atoms with E-state index < -0.39 is 4.92 Å². The number of hydrogen-bond acceptors (Lipinski definition) is 5. The van der Waals surface area contributed by atoms with E-state index in [0.717, 1.165) is 24.8 Å². The van der Waals surface area contributed by atoms with E-state index in [1.165, 1.54) is 6.07 Å². The Bertz CT molecular complexity index is 409. The summed E-state index contributed by atoms with van der Waals surface area (Å²) in [6.07, 6.45) is 4.61. The second-order valence-electron chi connectivity index (χ2n) is 4.36. The Labute approximate surface area is 107 Å². The summed E-state index contributed by atoms with van der Waals surface area (Å²) in [7, 11) is 0. The molecule has 0 amide bonds. The molecule has 0 spiro atoms. The molecule has 1 unspecified atom stereocenters. The predicted octanol–water partition coefficient (Wildman–Crippen LogP) is 2.23. The number of nitrogens with one attached hydrogen (secondary N) is 1. The van der Waals surface area contributed by atoms with E-state index in [1.807, 2.05) is 0 Å². The Morgan fingerprint density at radius 2 is 2.33 bits per heavy atom. The molecule has 1 atom stereocenters. The third-order valence-corrected chi connectivity index (χ3v) is 2.73. The van der Waals surface area contributed by atoms with Crippen molar-refractivity contribution in [3.63, 3.8) is 0 Å². The fraction of sp³-hybridized carbons (Fsp3) is 0.583. The molecular weight excluding hydrogens is 232 g/mol. The van der Waals surface area contributed by atoms with Gasteiger partial charge >= 0.3 is 5.69 Å². The third kappa shape index (κ3) is 3.96. The second kappa shape index (κ2) is 6.90. The summed E-state index contributed by atoms with van der Waals surface area (Å²) in [5.41, 5.74) is 6.43. The summed E-state index contributed by atoms with van der Waals surface area (Å²) < 4.78 is 0. The summed E-state index contributed by atoms with van der Waals surface area (Å²) in [6.45, 7) is 4.31. The third-order valence-electron chi connectivity index (χ3n) is 2.73. The molecule has 0 fully saturated rings. The number of hydrogen-bond donors (Lipinski definition) is 2. The van der Waals surface area contributed by atoms with Crippen LogP contribution in [0, 0.1) is 17.0 Å². The van der Waals surface area contributed by atoms with Gasteiger partial charge < -0.3 is 11.1 Å². The highest BCUT2D eigenvalue weighted by atomic mass is 16.6. The van der Waals surface area contributed by atoms with Crippen molar-refractivity contribution in [1.82, 2.24) is 4.98 Å². The highest BCUT2D eigenvalue weighted by molar-refractivity contribution is 5.57. The first-order chi connectivity index (χ1) is 8.58. The SMILES string of the molecule is CCCCC(CN)Nc1ncc(C)cc1[N+](=O)[O-]. The van der Waals surface area contributed by atoms with E-state index in [4.69, 9.17) is 5.73 Å². The van der Waals surface area contributed by atoms with Crippen LogP contribution in [-0.4, -0.2) is 22.5 Å². The van der Waals surface area contributed by atoms with E-state index in [0.29, 0.717) is 12.4 Å². The molecule has 3 N–H and O–H groups in total. The van der Waals surface area contributed by atoms with Gasteiger partial charge in [-0.05, 0) is 18.9 Å². The topological polar surface area (TPSA) is 94.1 Å². The molecule has 1 heterocycles. The zero-order valence-corrected chi connectivity index (χ0v) is 10.8. The van der Waals surface area contributed by atoms with Crippen molar-refractivity contribution in [3.8, 4) is 0 Å². The normalized spacial score (nSPS) is 12.2. The summed E-state index contributed by atoms with van der Waals surface area (Å²) in [5.74, 6) is 0.303. The lowest BCUT2D eigenvalue weighted by Crippen LogP contribution is -2.29. The van der Waals surface area contributed by atoms with E-state index in [2.05, 4.69) is 17.2 Å². The fourth-order valence-corrected chi connectivity index (χ4v) is 1.70. The summed E-state index contributed by atoms with van der Waals surface area (Å²) >= 11 is 0. The zero-order valence-electron chi connectivity index (χ0n) is 10.8. The molecular formula is C12H20N4O2. The monoisotopic (exact) mass is 252 g/mol. The number of aryl methyl sites for hydroxylation is 1. The van der Waals surface area contributed by atoms with E-state index in [1.54, 1.807) is 13.1 Å². The molecule has 1 aromatic heterocycles. The van der Waals surface area contributed by atoms with Crippen molar-refractivity contribution >= 4 is 11.5 Å². The lowest BCUT2D eigenvalue weighted by molar-refractivity contribution is -0.384. The summed E-state index contributed by atoms with van der Waals surface area (Å²) in [6, 6.07) is 1.54. The van der Waals surface area contributed by atoms with Crippen LogP contribution in [0.3, 0.4) is 0 Å². The minimum atomic E-state index is -0.421. The quantitative estimate of drug-likeness (QED) is 0.573. The first-order valence-electron chi connectivity index (χ1n) is 6.16. The first kappa shape index (κ1) is 14.4. The van der Waals surface area contributed by atoms with Crippen molar-refractivity contribution in [2.24, 2.45) is 5.73 Å². The van der Waals surface area contributed by atoms with Gasteiger partial charge in [-0.1, -0.05) is 19.8 Å². The Morgan fingerprint density at radius 1 is 1.61 bits per heavy atom. The number of anilines is 1. The van der Waals surface area contributed by atoms with Crippen LogP contribution in [0.25, 0.3) is 0 Å². The zero-order chi connectivity index (χ0) is 13.5. The lowest BCUT2D eigenvalue weighted by Gasteiger charge is -2.17. The summed E-state index contributed by atoms with van der Waals surface area (Å²) in [4.78, 5) is 14.6. The maximum Gasteiger partial charge on any atom is 0.311 e. The molecule has 100 valence electrons. The molecule has 0 aliphatic heterocycles. The molecule has 0 radical (unpaired) electrons. The number of nitro groups is 1. The molecule has 1 rings (SSSR count). The smallest absolute Gasteiger partial charge is 0.311 e. The minimum Gasteiger partial charge on any atom is -0.360 e. The van der Waals surface area contributed by atoms with Crippen LogP contribution in [-0.2, 0) is 0 Å². The number of aromatic nitrogens is 1. The minimum absolute atomic E-state index is 0.00458. The largest absolute Gasteiger partial charge is 0.360 e. The van der Waals surface area contributed by atoms with Gasteiger partial charge in [-0.15, -0.1) is 0 Å². The maximum atomic E-state index is 11.0. The van der Waals surface area contributed by atoms with Gasteiger partial charge in [0.15, 0.2) is 0 Å². The molecule has 0 aliphatic rings. The number of pyridine rings is 1. The van der Waals surface area contributed by atoms with Crippen molar-refractivity contribution in [3.05, 3.63) is 27.9 Å². The van der Waals surface area contributed by atoms with Gasteiger partial charge in [-0.3, -0.25) is 10.1 Å². The Morgan fingerprint density at radius 3 is 2.89 bits per heavy atom. The predicted molar refractivity (Wildman–Crippen MR) is 71.6 cm³/mol. The van der Waals surface area contributed by atoms with Crippen molar-refractivity contribution < 1.29 is 4.92 Å². The average molecular weight is 252 g/mol. The van der Waals surface area contributed by atoms with Crippen LogP contribution >= 0.6 is 0 Å². The molecule has 0 saturated heterocycles. The van der Waals surface area contributed by atoms with Crippen LogP contribution in [0.5, 0.6) is 0 Å². The Balaban J connectivity index is 2.84. The number of rotatable bonds is 7. The van der Waals surface area contributed by atoms with Crippen LogP contribution < -0.4 is 11.1 Å². The highest BCUT2D eigenvalue weighted by Crippen LogP contribution is 2.23. The van der Waals surface area contributed by atoms with Gasteiger partial charge in [0.25, 0.3) is 0 Å². The van der Waals surface area contributed by atoms with E-state index >= 15 is 0 Å². The van der Waals surface area contributed by atoms with Crippen LogP contribution in [0.15, 0.2) is 12.3 Å². The van der Waals surface area contributed by atoms with Gasteiger partial charge in [-0.25, -0.2) is 4.98 Å². The summed E-state index contributed by atoms with van der Waals surface area (Å²) in [5, 5.41) is 14.0. The van der Waals surface area contributed by atoms with Gasteiger partial charge in [-0.2, -0.15) is 0 Å². The van der Waals surface area contributed by atoms with Gasteiger partial charge in [0, 0.05) is 24.8 Å². The Kier molecular flexibility index (Phi) is 5.51. The lowest BCUT2D eigenvalue weighted by atomic mass is 10.1. The van der Waals surface area contributed by atoms with Gasteiger partial charge in [0.1, 0.15) is 0 Å². The average Bonchev–Trinajstić information content (AvgIpc) is 2.35. The number of nitrogens with zero attached hydrogens (tertiary/aromatic N) is 2. The first-order valence-corrected chi connectivity index (χ1v) is 6.16. The standard InChI is InChI=1S/C12H20N4O2/c1-3-4-5-10(7-13)15-12-11(16(17)18)6-9(2)8-14-12/h6,8,10H,3-5,7,13H2,1-2H3,(H,14,15). The van der Waals surface area contributed by atoms with Crippen molar-refractivity contribution in [2.45, 2.75) is 39.2 Å². The number of unbranched alkanes of at least 4 members (excludes halogenated alkanes) is 1. The molecule has 1 aromatic rings. The van der Waals surface area contributed by atoms with Crippen molar-refractivity contribution in [2.75, 3.05) is 11.9 Å². The molecule has 0 bridgehead atoms. The molecule has 0 aromatic carbocycles. The molecule has 18 heavy (non-hydrogen) atoms. The van der Waals surface area contributed by atoms with Crippen LogP contribution in [0.4, 0.5) is 11.5 Å². The van der Waals surface area contributed by atoms with E-state index in [9.17, 15) is 10.1 Å². The van der Waals surface area contributed by atoms with Crippen LogP contribution in [0.2, 0.25) is 0 Å².